The summed E-state index contributed by atoms with van der Waals surface area (Å²) >= 11 is 0. The Labute approximate surface area is 119 Å². The lowest BCUT2D eigenvalue weighted by Crippen LogP contribution is -2.39. The highest BCUT2D eigenvalue weighted by Gasteiger charge is 2.37. The molecule has 3 heteroatoms. The van der Waals surface area contributed by atoms with Gasteiger partial charge in [0.15, 0.2) is 8.32 Å². The molecule has 0 saturated carbocycles. The van der Waals surface area contributed by atoms with Crippen molar-refractivity contribution >= 4 is 8.32 Å². The van der Waals surface area contributed by atoms with Gasteiger partial charge in [-0.3, -0.25) is 0 Å². The van der Waals surface area contributed by atoms with Crippen molar-refractivity contribution in [2.75, 3.05) is 6.54 Å². The molecule has 0 saturated heterocycles. The third-order valence-corrected chi connectivity index (χ3v) is 7.95. The number of benzene rings is 1. The normalized spacial score (nSPS) is 14.4. The summed E-state index contributed by atoms with van der Waals surface area (Å²) in [4.78, 5) is 10.3. The van der Waals surface area contributed by atoms with Crippen molar-refractivity contribution in [3.8, 4) is 0 Å². The summed E-state index contributed by atoms with van der Waals surface area (Å²) < 4.78 is 0. The lowest BCUT2D eigenvalue weighted by molar-refractivity contribution is 0.432. The number of hydrogen-bond acceptors (Lipinski definition) is 2. The highest BCUT2D eigenvalue weighted by atomic mass is 28.4. The van der Waals surface area contributed by atoms with Crippen LogP contribution < -0.4 is 5.32 Å². The van der Waals surface area contributed by atoms with Crippen molar-refractivity contribution in [3.63, 3.8) is 0 Å². The molecule has 0 amide bonds. The zero-order valence-electron chi connectivity index (χ0n) is 13.0. The fourth-order valence-electron chi connectivity index (χ4n) is 2.01. The van der Waals surface area contributed by atoms with E-state index < -0.39 is 8.32 Å². The molecule has 0 radical (unpaired) electrons. The molecule has 1 atom stereocenters. The fourth-order valence-corrected chi connectivity index (χ4v) is 2.80. The first kappa shape index (κ1) is 16.4. The van der Waals surface area contributed by atoms with Gasteiger partial charge in [-0.2, -0.15) is 0 Å². The van der Waals surface area contributed by atoms with Gasteiger partial charge in [-0.05, 0) is 50.0 Å². The van der Waals surface area contributed by atoms with E-state index in [1.165, 1.54) is 5.56 Å². The van der Waals surface area contributed by atoms with Gasteiger partial charge in [-0.15, -0.1) is 0 Å². The second kappa shape index (κ2) is 6.68. The molecule has 0 heterocycles. The van der Waals surface area contributed by atoms with Crippen molar-refractivity contribution in [2.45, 2.75) is 57.8 Å². The minimum absolute atomic E-state index is 0.0880. The van der Waals surface area contributed by atoms with E-state index in [1.54, 1.807) is 0 Å². The summed E-state index contributed by atoms with van der Waals surface area (Å²) in [5.74, 6) is 0. The Morgan fingerprint density at radius 1 is 1.21 bits per heavy atom. The Morgan fingerprint density at radius 2 is 1.79 bits per heavy atom. The van der Waals surface area contributed by atoms with Crippen LogP contribution in [0.25, 0.3) is 0 Å². The van der Waals surface area contributed by atoms with Gasteiger partial charge in [0, 0.05) is 6.04 Å². The zero-order chi connectivity index (χ0) is 14.5. The largest absolute Gasteiger partial charge is 0.432 e. The quantitative estimate of drug-likeness (QED) is 0.582. The summed E-state index contributed by atoms with van der Waals surface area (Å²) in [5, 5.41) is 3.64. The predicted octanol–water partition coefficient (Wildman–Crippen LogP) is 4.10. The van der Waals surface area contributed by atoms with E-state index in [-0.39, 0.29) is 5.04 Å². The monoisotopic (exact) mass is 279 g/mol. The summed E-state index contributed by atoms with van der Waals surface area (Å²) in [7, 11) is -2.05. The molecule has 108 valence electrons. The molecule has 2 N–H and O–H groups in total. The maximum atomic E-state index is 10.3. The standard InChI is InChI=1S/C16H29NOSi/c1-14(15-10-7-6-8-11-15)17-13-9-12-16(2,3)19(4,5)18/h6-8,10-11,14,17-18H,9,12-13H2,1-5H3. The molecular formula is C16H29NOSi. The van der Waals surface area contributed by atoms with Crippen LogP contribution >= 0.6 is 0 Å². The second-order valence-corrected chi connectivity index (χ2v) is 11.1. The molecular weight excluding hydrogens is 250 g/mol. The summed E-state index contributed by atoms with van der Waals surface area (Å²) in [6, 6.07) is 10.9. The van der Waals surface area contributed by atoms with Gasteiger partial charge < -0.3 is 10.1 Å². The molecule has 0 bridgehead atoms. The first-order chi connectivity index (χ1) is 8.74. The zero-order valence-corrected chi connectivity index (χ0v) is 14.0. The minimum Gasteiger partial charge on any atom is -0.432 e. The van der Waals surface area contributed by atoms with Crippen LogP contribution in [-0.4, -0.2) is 19.7 Å². The maximum absolute atomic E-state index is 10.3. The predicted molar refractivity (Wildman–Crippen MR) is 85.8 cm³/mol. The van der Waals surface area contributed by atoms with Crippen molar-refractivity contribution < 1.29 is 4.80 Å². The van der Waals surface area contributed by atoms with E-state index in [0.29, 0.717) is 6.04 Å². The van der Waals surface area contributed by atoms with Gasteiger partial charge in [0.2, 0.25) is 0 Å². The molecule has 19 heavy (non-hydrogen) atoms. The van der Waals surface area contributed by atoms with Crippen LogP contribution in [0, 0.1) is 0 Å². The molecule has 0 aromatic heterocycles. The Bertz CT molecular complexity index is 370. The van der Waals surface area contributed by atoms with Gasteiger partial charge in [0.05, 0.1) is 0 Å². The first-order valence-electron chi connectivity index (χ1n) is 7.25. The Morgan fingerprint density at radius 3 is 2.32 bits per heavy atom. The smallest absolute Gasteiger partial charge is 0.188 e. The fraction of sp³-hybridized carbons (Fsp3) is 0.625. The second-order valence-electron chi connectivity index (χ2n) is 6.63. The van der Waals surface area contributed by atoms with Gasteiger partial charge in [-0.1, -0.05) is 44.2 Å². The summed E-state index contributed by atoms with van der Waals surface area (Å²) in [5.41, 5.74) is 1.33. The van der Waals surface area contributed by atoms with Crippen LogP contribution in [0.1, 0.15) is 45.2 Å². The van der Waals surface area contributed by atoms with E-state index in [2.05, 4.69) is 50.4 Å². The molecule has 0 fully saturated rings. The van der Waals surface area contributed by atoms with Crippen molar-refractivity contribution in [1.82, 2.24) is 5.32 Å². The van der Waals surface area contributed by atoms with Crippen LogP contribution in [0.3, 0.4) is 0 Å². The lowest BCUT2D eigenvalue weighted by Gasteiger charge is -2.35. The van der Waals surface area contributed by atoms with Gasteiger partial charge >= 0.3 is 0 Å². The molecule has 1 aromatic carbocycles. The van der Waals surface area contributed by atoms with E-state index in [1.807, 2.05) is 19.2 Å². The Balaban J connectivity index is 2.32. The topological polar surface area (TPSA) is 32.3 Å². The number of hydrogen-bond donors (Lipinski definition) is 2. The maximum Gasteiger partial charge on any atom is 0.188 e. The Kier molecular flexibility index (Phi) is 5.77. The van der Waals surface area contributed by atoms with Crippen LogP contribution in [0.4, 0.5) is 0 Å². The van der Waals surface area contributed by atoms with E-state index >= 15 is 0 Å². The summed E-state index contributed by atoms with van der Waals surface area (Å²) in [6.07, 6.45) is 2.19. The third-order valence-electron chi connectivity index (χ3n) is 4.38. The van der Waals surface area contributed by atoms with Crippen molar-refractivity contribution in [2.24, 2.45) is 0 Å². The average molecular weight is 280 g/mol. The average Bonchev–Trinajstić information content (AvgIpc) is 2.34. The van der Waals surface area contributed by atoms with Gasteiger partial charge in [-0.25, -0.2) is 0 Å². The van der Waals surface area contributed by atoms with E-state index in [4.69, 9.17) is 0 Å². The summed E-state index contributed by atoms with van der Waals surface area (Å²) in [6.45, 7) is 11.7. The molecule has 1 aromatic rings. The van der Waals surface area contributed by atoms with Crippen LogP contribution in [-0.2, 0) is 0 Å². The molecule has 0 aliphatic heterocycles. The van der Waals surface area contributed by atoms with E-state index in [0.717, 1.165) is 19.4 Å². The SMILES string of the molecule is CC(NCCCC(C)(C)[Si](C)(C)O)c1ccccc1. The van der Waals surface area contributed by atoms with Crippen molar-refractivity contribution in [3.05, 3.63) is 35.9 Å². The van der Waals surface area contributed by atoms with Crippen molar-refractivity contribution in [1.29, 1.82) is 0 Å². The molecule has 1 rings (SSSR count). The number of nitrogens with one attached hydrogen (secondary N) is 1. The van der Waals surface area contributed by atoms with Gasteiger partial charge in [0.25, 0.3) is 0 Å². The molecule has 0 aliphatic rings. The molecule has 0 aliphatic carbocycles. The Hall–Kier alpha value is -0.643. The van der Waals surface area contributed by atoms with Gasteiger partial charge in [0.1, 0.15) is 0 Å². The molecule has 1 unspecified atom stereocenters. The first-order valence-corrected chi connectivity index (χ1v) is 10.2. The highest BCUT2D eigenvalue weighted by molar-refractivity contribution is 6.72. The molecule has 2 nitrogen and oxygen atoms in total. The molecule has 0 spiro atoms. The minimum atomic E-state index is -2.05. The van der Waals surface area contributed by atoms with Crippen LogP contribution in [0.5, 0.6) is 0 Å². The number of rotatable bonds is 7. The lowest BCUT2D eigenvalue weighted by atomic mass is 10.1. The van der Waals surface area contributed by atoms with E-state index in [9.17, 15) is 4.80 Å². The van der Waals surface area contributed by atoms with Crippen LogP contribution in [0.15, 0.2) is 30.3 Å². The third kappa shape index (κ3) is 5.09. The highest BCUT2D eigenvalue weighted by Crippen LogP contribution is 2.39. The van der Waals surface area contributed by atoms with Crippen LogP contribution in [0.2, 0.25) is 18.1 Å².